The molecule has 0 radical (unpaired) electrons. The average molecular weight is 492 g/mol. The van der Waals surface area contributed by atoms with Crippen LogP contribution in [0.3, 0.4) is 0 Å². The molecule has 0 amide bonds. The van der Waals surface area contributed by atoms with Gasteiger partial charge in [0.2, 0.25) is 0 Å². The van der Waals surface area contributed by atoms with Gasteiger partial charge in [-0.05, 0) is 0 Å². The summed E-state index contributed by atoms with van der Waals surface area (Å²) in [5.74, 6) is -27.2. The van der Waals surface area contributed by atoms with Crippen molar-refractivity contribution < 1.29 is 61.5 Å². The van der Waals surface area contributed by atoms with E-state index in [0.29, 0.717) is 0 Å². The molecule has 0 saturated carbocycles. The molecule has 0 bridgehead atoms. The van der Waals surface area contributed by atoms with Gasteiger partial charge < -0.3 is 0 Å². The Hall–Kier alpha value is -0.250. The largest absolute Gasteiger partial charge is 0.460 e. The Kier molecular flexibility index (Phi) is 5.86. The van der Waals surface area contributed by atoms with Gasteiger partial charge in [-0.1, -0.05) is 22.6 Å². The lowest BCUT2D eigenvalue weighted by Gasteiger charge is -2.36. The Labute approximate surface area is 131 Å². The second kappa shape index (κ2) is 5.93. The van der Waals surface area contributed by atoms with E-state index in [1.54, 1.807) is 0 Å². The van der Waals surface area contributed by atoms with Crippen LogP contribution in [0.4, 0.5) is 61.5 Å². The molecule has 0 aliphatic heterocycles. The molecular formula is C8H3F14I. The summed E-state index contributed by atoms with van der Waals surface area (Å²) < 4.78 is 169. The molecular weight excluding hydrogens is 489 g/mol. The maximum absolute atomic E-state index is 13.1. The van der Waals surface area contributed by atoms with Crippen molar-refractivity contribution in [3.63, 3.8) is 0 Å². The fourth-order valence-electron chi connectivity index (χ4n) is 1.05. The number of alkyl halides is 15. The van der Waals surface area contributed by atoms with Crippen LogP contribution in [0, 0.1) is 0 Å². The third-order valence-electron chi connectivity index (χ3n) is 2.41. The molecule has 1 atom stereocenters. The zero-order valence-electron chi connectivity index (χ0n) is 9.95. The van der Waals surface area contributed by atoms with Crippen molar-refractivity contribution >= 4 is 22.6 Å². The molecule has 0 aromatic heterocycles. The van der Waals surface area contributed by atoms with E-state index in [1.165, 1.54) is 0 Å². The first-order valence-corrected chi connectivity index (χ1v) is 6.16. The molecule has 0 aromatic carbocycles. The second-order valence-corrected chi connectivity index (χ2v) is 5.65. The standard InChI is InChI=1S/C8H3F14I/c9-3(10,7(17,18)19)1-2(23)4(11,12)5(13,14)6(15,16)8(20,21)22/h2H,1H2. The molecule has 15 heteroatoms. The van der Waals surface area contributed by atoms with Crippen molar-refractivity contribution in [2.24, 2.45) is 0 Å². The van der Waals surface area contributed by atoms with E-state index in [4.69, 9.17) is 0 Å². The molecule has 0 spiro atoms. The van der Waals surface area contributed by atoms with Crippen LogP contribution in [0.2, 0.25) is 0 Å². The predicted octanol–water partition coefficient (Wildman–Crippen LogP) is 5.85. The summed E-state index contributed by atoms with van der Waals surface area (Å²) in [7, 11) is 0. The smallest absolute Gasteiger partial charge is 0.198 e. The summed E-state index contributed by atoms with van der Waals surface area (Å²) in [6, 6.07) is 0. The zero-order valence-corrected chi connectivity index (χ0v) is 12.1. The normalized spacial score (nSPS) is 17.3. The molecule has 0 rings (SSSR count). The number of rotatable bonds is 5. The molecule has 0 nitrogen and oxygen atoms in total. The van der Waals surface area contributed by atoms with Crippen LogP contribution in [-0.4, -0.2) is 40.0 Å². The monoisotopic (exact) mass is 492 g/mol. The van der Waals surface area contributed by atoms with Gasteiger partial charge in [-0.25, -0.2) is 0 Å². The lowest BCUT2D eigenvalue weighted by molar-refractivity contribution is -0.396. The van der Waals surface area contributed by atoms with Crippen LogP contribution < -0.4 is 0 Å². The van der Waals surface area contributed by atoms with Gasteiger partial charge in [0.15, 0.2) is 0 Å². The quantitative estimate of drug-likeness (QED) is 0.257. The van der Waals surface area contributed by atoms with Gasteiger partial charge in [0.1, 0.15) is 0 Å². The highest BCUT2D eigenvalue weighted by molar-refractivity contribution is 14.1. The van der Waals surface area contributed by atoms with Crippen molar-refractivity contribution in [3.05, 3.63) is 0 Å². The lowest BCUT2D eigenvalue weighted by Crippen LogP contribution is -2.64. The van der Waals surface area contributed by atoms with Crippen molar-refractivity contribution in [1.29, 1.82) is 0 Å². The third kappa shape index (κ3) is 3.88. The predicted molar refractivity (Wildman–Crippen MR) is 54.3 cm³/mol. The van der Waals surface area contributed by atoms with Crippen LogP contribution >= 0.6 is 22.6 Å². The van der Waals surface area contributed by atoms with E-state index in [-0.39, 0.29) is 22.6 Å². The molecule has 23 heavy (non-hydrogen) atoms. The summed E-state index contributed by atoms with van der Waals surface area (Å²) in [6.07, 6.45) is -16.8. The fraction of sp³-hybridized carbons (Fsp3) is 1.00. The molecule has 0 aliphatic rings. The van der Waals surface area contributed by atoms with Crippen molar-refractivity contribution in [2.45, 2.75) is 46.4 Å². The van der Waals surface area contributed by atoms with E-state index in [9.17, 15) is 61.5 Å². The van der Waals surface area contributed by atoms with Crippen molar-refractivity contribution in [2.75, 3.05) is 0 Å². The van der Waals surface area contributed by atoms with Crippen LogP contribution in [-0.2, 0) is 0 Å². The van der Waals surface area contributed by atoms with Crippen LogP contribution in [0.25, 0.3) is 0 Å². The number of hydrogen-bond acceptors (Lipinski definition) is 0. The minimum absolute atomic E-state index is 0.168. The number of hydrogen-bond donors (Lipinski definition) is 0. The van der Waals surface area contributed by atoms with Crippen LogP contribution in [0.1, 0.15) is 6.42 Å². The molecule has 1 unspecified atom stereocenters. The van der Waals surface area contributed by atoms with E-state index in [2.05, 4.69) is 0 Å². The van der Waals surface area contributed by atoms with Gasteiger partial charge in [0, 0.05) is 6.42 Å². The van der Waals surface area contributed by atoms with Crippen molar-refractivity contribution in [3.8, 4) is 0 Å². The highest BCUT2D eigenvalue weighted by Gasteiger charge is 2.83. The Bertz CT molecular complexity index is 417. The summed E-state index contributed by atoms with van der Waals surface area (Å²) in [5, 5.41) is 0. The van der Waals surface area contributed by atoms with E-state index >= 15 is 0 Å². The molecule has 0 heterocycles. The highest BCUT2D eigenvalue weighted by Crippen LogP contribution is 2.56. The fourth-order valence-corrected chi connectivity index (χ4v) is 2.00. The van der Waals surface area contributed by atoms with Gasteiger partial charge >= 0.3 is 36.0 Å². The van der Waals surface area contributed by atoms with E-state index in [1.807, 2.05) is 0 Å². The SMILES string of the molecule is FC(F)(F)C(F)(F)CC(I)C(F)(F)C(F)(F)C(F)(F)C(F)(F)F. The summed E-state index contributed by atoms with van der Waals surface area (Å²) >= 11 is -0.168. The van der Waals surface area contributed by atoms with Gasteiger partial charge in [-0.2, -0.15) is 61.5 Å². The molecule has 0 saturated heterocycles. The average Bonchev–Trinajstić information content (AvgIpc) is 2.24. The van der Waals surface area contributed by atoms with Gasteiger partial charge in [-0.3, -0.25) is 0 Å². The third-order valence-corrected chi connectivity index (χ3v) is 3.64. The van der Waals surface area contributed by atoms with Gasteiger partial charge in [0.25, 0.3) is 0 Å². The zero-order chi connectivity index (χ0) is 19.3. The van der Waals surface area contributed by atoms with Gasteiger partial charge in [0.05, 0.1) is 3.92 Å². The molecule has 0 aromatic rings. The topological polar surface area (TPSA) is 0 Å². The molecule has 140 valence electrons. The second-order valence-electron chi connectivity index (χ2n) is 4.14. The first-order valence-electron chi connectivity index (χ1n) is 4.91. The maximum atomic E-state index is 13.1. The Morgan fingerprint density at radius 3 is 1.17 bits per heavy atom. The van der Waals surface area contributed by atoms with Crippen LogP contribution in [0.5, 0.6) is 0 Å². The molecule has 0 fully saturated rings. The van der Waals surface area contributed by atoms with Gasteiger partial charge in [-0.15, -0.1) is 0 Å². The Balaban J connectivity index is 5.72. The minimum Gasteiger partial charge on any atom is -0.198 e. The lowest BCUT2D eigenvalue weighted by atomic mass is 9.97. The van der Waals surface area contributed by atoms with E-state index < -0.39 is 46.4 Å². The first-order chi connectivity index (χ1) is 9.63. The Morgan fingerprint density at radius 2 is 0.913 bits per heavy atom. The van der Waals surface area contributed by atoms with E-state index in [0.717, 1.165) is 0 Å². The molecule has 0 N–H and O–H groups in total. The maximum Gasteiger partial charge on any atom is 0.460 e. The first kappa shape index (κ1) is 22.8. The van der Waals surface area contributed by atoms with Crippen molar-refractivity contribution in [1.82, 2.24) is 0 Å². The highest BCUT2D eigenvalue weighted by atomic mass is 127. The summed E-state index contributed by atoms with van der Waals surface area (Å²) in [6.45, 7) is 0. The Morgan fingerprint density at radius 1 is 0.565 bits per heavy atom. The molecule has 0 aliphatic carbocycles. The van der Waals surface area contributed by atoms with Crippen LogP contribution in [0.15, 0.2) is 0 Å². The minimum atomic E-state index is -7.36. The summed E-state index contributed by atoms with van der Waals surface area (Å²) in [4.78, 5) is 0. The summed E-state index contributed by atoms with van der Waals surface area (Å²) in [5.41, 5.74) is 0. The number of halogens is 15.